The zero-order valence-corrected chi connectivity index (χ0v) is 92.1. The van der Waals surface area contributed by atoms with E-state index in [1.54, 1.807) is 91.6 Å². The maximum absolute atomic E-state index is 12.8. The van der Waals surface area contributed by atoms with Crippen molar-refractivity contribution in [1.29, 1.82) is 0 Å². The largest absolute Gasteiger partial charge is 1.00 e. The standard InChI is InChI=1S/C27H28F3NO3S.C25H24F3NO3S.C24H24F3NOS.C23H22F3NOS.C12H17NO.C4H7BrO2.Na.H2O/c1-3-33-26(32)17-34-22-9-6-19-12-13-31(15-18(2)24(19)14-22)16-23-10-11-25(35-23)20-4-7-21(8-5-20)27(28,29)30;1-16-13-29(11-10-17-4-7-20(12-22(16)17)32-15-24(30)31)14-21-8-9-23(33-21)18-2-5-19(6-3-18)25(26,27)28;1-16-14-28(12-11-17-5-8-20(29-2)13-22(16)17)15-21-9-10-23(30-21)18-3-6-19(7-4-18)24(25,26)27;1-15-13-27(11-10-16-4-7-19(28)12-21(15)16)14-20-8-9-22(29-20)17-2-5-18(6-3-17)23(24,25)26;1-9-8-13-6-5-10-3-4-11(14-2)7-12(9)10;1-2-7-4(6)3-5;;/h4-11,14,18H,3,12-13,15-17H2,1-2H3;2-9,12,16H,10-11,13-15H2,1H3,(H,30,31);3-10,13,16H,11-12,14-15H2,1-2H3;2-9,12,15,28H,10-11,13-14H2,1H3;3-4,7,9,13H,5-6,8H2,1-2H3;2-3H2,1H3;;1H2/q;;;;;;+1;/p-1. The minimum atomic E-state index is -4.33. The molecule has 5 atom stereocenters. The second kappa shape index (κ2) is 55.9. The van der Waals surface area contributed by atoms with E-state index in [2.05, 4.69) is 135 Å². The summed E-state index contributed by atoms with van der Waals surface area (Å²) in [5.74, 6) is 3.68. The minimum Gasteiger partial charge on any atom is -0.870 e. The van der Waals surface area contributed by atoms with Crippen molar-refractivity contribution in [2.75, 3.05) is 111 Å². The molecule has 150 heavy (non-hydrogen) atoms. The number of carbonyl (C=O) groups is 3. The molecule has 4 aromatic heterocycles. The predicted molar refractivity (Wildman–Crippen MR) is 568 cm³/mol. The predicted octanol–water partition coefficient (Wildman–Crippen LogP) is 25.2. The number of hydrogen-bond donors (Lipinski definition) is 3. The zero-order chi connectivity index (χ0) is 106. The van der Waals surface area contributed by atoms with Gasteiger partial charge in [0.05, 0.1) is 49.7 Å². The van der Waals surface area contributed by atoms with Crippen LogP contribution in [0.15, 0.2) is 237 Å². The van der Waals surface area contributed by atoms with Gasteiger partial charge in [-0.3, -0.25) is 24.4 Å². The number of nitrogens with zero attached hydrogens (tertiary/aromatic N) is 4. The Morgan fingerprint density at radius 2 is 0.640 bits per heavy atom. The summed E-state index contributed by atoms with van der Waals surface area (Å²) < 4.78 is 185. The Balaban J connectivity index is 0.000000177. The van der Waals surface area contributed by atoms with Gasteiger partial charge < -0.3 is 49.4 Å². The van der Waals surface area contributed by atoms with Crippen molar-refractivity contribution in [2.24, 2.45) is 0 Å². The van der Waals surface area contributed by atoms with E-state index in [1.807, 2.05) is 78.9 Å². The van der Waals surface area contributed by atoms with Crippen molar-refractivity contribution in [1.82, 2.24) is 24.9 Å². The number of rotatable bonds is 23. The number of aliphatic carboxylic acids is 1. The van der Waals surface area contributed by atoms with E-state index in [9.17, 15) is 72.2 Å². The normalized spacial score (nSPS) is 16.8. The molecule has 5 aliphatic heterocycles. The van der Waals surface area contributed by atoms with Crippen LogP contribution in [0, 0.1) is 0 Å². The quantitative estimate of drug-likeness (QED) is 0.0236. The van der Waals surface area contributed by atoms with Gasteiger partial charge in [0.15, 0.2) is 13.2 Å². The number of hydrogen-bond acceptors (Lipinski definition) is 20. The molecule has 0 radical (unpaired) electrons. The number of aromatic hydroxyl groups is 1. The summed E-state index contributed by atoms with van der Waals surface area (Å²) in [4.78, 5) is 50.8. The third-order valence-corrected chi connectivity index (χ3v) is 31.2. The second-order valence-electron chi connectivity index (χ2n) is 37.2. The molecule has 0 aliphatic carbocycles. The van der Waals surface area contributed by atoms with Crippen molar-refractivity contribution in [3.05, 3.63) is 334 Å². The average Bonchev–Trinajstić information content (AvgIpc) is 1.70. The Bertz CT molecular complexity index is 6520. The van der Waals surface area contributed by atoms with Crippen LogP contribution >= 0.6 is 61.3 Å². The number of halogens is 13. The van der Waals surface area contributed by atoms with Gasteiger partial charge in [0.1, 0.15) is 34.1 Å². The molecule has 0 fully saturated rings. The monoisotopic (exact) mass is 2220 g/mol. The number of phenolic OH excluding ortho intramolecular Hbond substituents is 1. The number of methoxy groups -OCH3 is 2. The van der Waals surface area contributed by atoms with E-state index in [-0.39, 0.29) is 72.0 Å². The minimum absolute atomic E-state index is 0. The van der Waals surface area contributed by atoms with Crippen molar-refractivity contribution in [2.45, 2.75) is 161 Å². The number of nitrogens with one attached hydrogen (secondary N) is 1. The van der Waals surface area contributed by atoms with Crippen LogP contribution in [0.4, 0.5) is 52.7 Å². The fourth-order valence-corrected chi connectivity index (χ4v) is 23.1. The second-order valence-corrected chi connectivity index (χ2v) is 42.4. The Labute approximate surface area is 914 Å². The molecule has 9 aromatic carbocycles. The Morgan fingerprint density at radius 1 is 0.367 bits per heavy atom. The number of carbonyl (C=O) groups excluding carboxylic acids is 2. The molecule has 9 heterocycles. The molecule has 0 spiro atoms. The SMILES string of the molecule is CC1CN(Cc2ccc(-c3ccc(C(F)(F)F)cc3)s2)CCc2ccc(O)cc21.CC1CN(Cc2ccc(-c3ccc(C(F)(F)F)cc3)s2)CCc2ccc(OCC(=O)O)cc21.CCOC(=O)CBr.CCOC(=O)COc1ccc2c(c1)C(C)CN(Cc1ccc(-c3ccc(C(F)(F)F)cc3)s1)CC2.COc1ccc2c(c1)C(C)CN(Cc1ccc(-c3ccc(C(F)(F)F)cc3)s1)CC2.COc1ccc2c(c1)C(C)CNCC2.[Na+].[OH-]. The molecule has 4 N–H and O–H groups in total. The summed E-state index contributed by atoms with van der Waals surface area (Å²) >= 11 is 9.43. The number of thiophene rings is 4. The summed E-state index contributed by atoms with van der Waals surface area (Å²) in [6.07, 6.45) is -12.4. The van der Waals surface area contributed by atoms with Crippen LogP contribution in [-0.2, 0) is 107 Å². The molecule has 0 saturated heterocycles. The van der Waals surface area contributed by atoms with E-state index in [1.165, 1.54) is 107 Å². The maximum Gasteiger partial charge on any atom is 1.00 e. The van der Waals surface area contributed by atoms with Crippen LogP contribution in [-0.4, -0.2) is 165 Å². The zero-order valence-electron chi connectivity index (χ0n) is 85.2. The summed E-state index contributed by atoms with van der Waals surface area (Å²) in [6, 6.07) is 67.7. The molecule has 5 aliphatic rings. The molecule has 0 saturated carbocycles. The number of phenols is 1. The molecular weight excluding hydrogens is 2100 g/mol. The van der Waals surface area contributed by atoms with Gasteiger partial charge in [0.25, 0.3) is 0 Å². The third-order valence-electron chi connectivity index (χ3n) is 26.3. The Hall–Kier alpha value is -10.4. The molecule has 18 rings (SSSR count). The van der Waals surface area contributed by atoms with Gasteiger partial charge in [-0.15, -0.1) is 45.3 Å². The van der Waals surface area contributed by atoms with Crippen molar-refractivity contribution < 1.29 is 141 Å². The van der Waals surface area contributed by atoms with Crippen molar-refractivity contribution in [3.63, 3.8) is 0 Å². The first-order valence-corrected chi connectivity index (χ1v) is 53.5. The number of benzene rings is 9. The number of carboxylic acid groups (broad SMARTS) is 1. The summed E-state index contributed by atoms with van der Waals surface area (Å²) in [5.41, 5.74) is 13.7. The first kappa shape index (κ1) is 120. The maximum atomic E-state index is 12.8. The van der Waals surface area contributed by atoms with Crippen molar-refractivity contribution >= 4 is 79.2 Å². The van der Waals surface area contributed by atoms with Crippen LogP contribution in [0.1, 0.15) is 175 Å². The summed E-state index contributed by atoms with van der Waals surface area (Å²) in [7, 11) is 3.42. The molecule has 13 aromatic rings. The average molecular weight is 2230 g/mol. The third kappa shape index (κ3) is 34.8. The van der Waals surface area contributed by atoms with E-state index < -0.39 is 52.9 Å². The summed E-state index contributed by atoms with van der Waals surface area (Å²) in [6.45, 7) is 27.6. The van der Waals surface area contributed by atoms with Gasteiger partial charge in [-0.05, 0) is 318 Å². The molecule has 0 amide bonds. The summed E-state index contributed by atoms with van der Waals surface area (Å²) in [5, 5.41) is 22.4. The first-order valence-electron chi connectivity index (χ1n) is 49.1. The van der Waals surface area contributed by atoms with Crippen LogP contribution in [0.5, 0.6) is 28.7 Å². The fourth-order valence-electron chi connectivity index (χ4n) is 18.7. The van der Waals surface area contributed by atoms with E-state index in [0.717, 1.165) is 230 Å². The molecule has 5 unspecified atom stereocenters. The van der Waals surface area contributed by atoms with Crippen LogP contribution < -0.4 is 53.8 Å². The number of alkyl halides is 13. The topological polar surface area (TPSA) is 202 Å². The van der Waals surface area contributed by atoms with Gasteiger partial charge in [0, 0.05) is 124 Å². The van der Waals surface area contributed by atoms with Gasteiger partial charge in [-0.2, -0.15) is 52.7 Å². The van der Waals surface area contributed by atoms with E-state index in [4.69, 9.17) is 28.8 Å². The molecule has 0 bridgehead atoms. The van der Waals surface area contributed by atoms with E-state index in [0.29, 0.717) is 53.5 Å². The molecule has 17 nitrogen and oxygen atoms in total. The van der Waals surface area contributed by atoms with E-state index >= 15 is 0 Å². The number of ether oxygens (including phenoxy) is 6. The van der Waals surface area contributed by atoms with Crippen LogP contribution in [0.3, 0.4) is 0 Å². The first-order chi connectivity index (χ1) is 70.6. The van der Waals surface area contributed by atoms with Crippen LogP contribution in [0.2, 0.25) is 0 Å². The molecule has 35 heteroatoms. The van der Waals surface area contributed by atoms with Gasteiger partial charge in [-0.25, -0.2) is 9.59 Å². The smallest absolute Gasteiger partial charge is 0.870 e. The van der Waals surface area contributed by atoms with Gasteiger partial charge in [0.2, 0.25) is 0 Å². The number of esters is 2. The van der Waals surface area contributed by atoms with Gasteiger partial charge >= 0.3 is 72.2 Å². The fraction of sp³-hybridized carbons (Fsp3) is 0.365. The Kier molecular flexibility index (Phi) is 44.7. The molecule has 796 valence electrons. The Morgan fingerprint density at radius 3 is 0.927 bits per heavy atom. The van der Waals surface area contributed by atoms with Crippen LogP contribution in [0.25, 0.3) is 41.8 Å². The number of carboxylic acids is 1. The molecular formula is C115H123BrF12N5NaO12S4. The number of fused-ring (bicyclic) bond motifs is 5. The van der Waals surface area contributed by atoms with Crippen molar-refractivity contribution in [3.8, 4) is 70.5 Å². The van der Waals surface area contributed by atoms with Gasteiger partial charge in [-0.1, -0.05) is 129 Å².